The van der Waals surface area contributed by atoms with Crippen LogP contribution >= 0.6 is 22.9 Å². The smallest absolute Gasteiger partial charge is 0.269 e. The van der Waals surface area contributed by atoms with Gasteiger partial charge in [-0.15, -0.1) is 11.3 Å². The van der Waals surface area contributed by atoms with E-state index in [-0.39, 0.29) is 5.69 Å². The van der Waals surface area contributed by atoms with Crippen molar-refractivity contribution in [1.29, 1.82) is 0 Å². The van der Waals surface area contributed by atoms with Gasteiger partial charge in [-0.3, -0.25) is 10.1 Å². The molecular weight excluding hydrogens is 422 g/mol. The highest BCUT2D eigenvalue weighted by molar-refractivity contribution is 7.07. The number of non-ortho nitro benzene ring substituents is 1. The van der Waals surface area contributed by atoms with Crippen LogP contribution in [0.25, 0.3) is 11.3 Å². The zero-order chi connectivity index (χ0) is 20.9. The van der Waals surface area contributed by atoms with Gasteiger partial charge in [0.05, 0.1) is 22.6 Å². The summed E-state index contributed by atoms with van der Waals surface area (Å²) < 4.78 is 4.18. The molecule has 0 bridgehead atoms. The number of imidazole rings is 1. The van der Waals surface area contributed by atoms with Crippen molar-refractivity contribution in [3.8, 4) is 11.3 Å². The number of rotatable bonds is 7. The molecule has 0 N–H and O–H groups in total. The Morgan fingerprint density at radius 3 is 2.70 bits per heavy atom. The fraction of sp³-hybridized carbons (Fsp3) is 0.143. The lowest BCUT2D eigenvalue weighted by Gasteiger charge is -2.10. The number of nitro groups is 1. The van der Waals surface area contributed by atoms with Gasteiger partial charge in [0.2, 0.25) is 0 Å². The molecule has 4 aromatic rings. The number of aromatic nitrogens is 3. The molecule has 0 spiro atoms. The van der Waals surface area contributed by atoms with Crippen molar-refractivity contribution in [3.05, 3.63) is 92.6 Å². The number of nitro benzene ring substituents is 1. The molecule has 0 radical (unpaired) electrons. The SMILES string of the molecule is O=[N+]([O-])c1ccc(-c2csc(=Nc3cccc(Cl)c3)n2CCCn2ccnc2)cc1. The van der Waals surface area contributed by atoms with E-state index in [2.05, 4.69) is 9.55 Å². The number of aryl methyl sites for hydroxylation is 1. The Kier molecular flexibility index (Phi) is 6.06. The lowest BCUT2D eigenvalue weighted by atomic mass is 10.1. The van der Waals surface area contributed by atoms with Crippen LogP contribution in [0.1, 0.15) is 6.42 Å². The van der Waals surface area contributed by atoms with Crippen molar-refractivity contribution in [2.45, 2.75) is 19.5 Å². The highest BCUT2D eigenvalue weighted by Crippen LogP contribution is 2.24. The normalized spacial score (nSPS) is 11.7. The minimum atomic E-state index is -0.392. The summed E-state index contributed by atoms with van der Waals surface area (Å²) in [4.78, 5) is 20.3. The highest BCUT2D eigenvalue weighted by Gasteiger charge is 2.11. The standard InChI is InChI=1S/C21H18ClN5O2S/c22-17-3-1-4-18(13-17)24-21-26(11-2-10-25-12-9-23-15-25)20(14-30-21)16-5-7-19(8-6-16)27(28)29/h1,3-9,12-15H,2,10-11H2. The van der Waals surface area contributed by atoms with Gasteiger partial charge in [-0.25, -0.2) is 9.98 Å². The third kappa shape index (κ3) is 4.67. The molecule has 2 heterocycles. The molecule has 30 heavy (non-hydrogen) atoms. The second kappa shape index (κ2) is 9.06. The monoisotopic (exact) mass is 439 g/mol. The summed E-state index contributed by atoms with van der Waals surface area (Å²) in [6.45, 7) is 1.58. The summed E-state index contributed by atoms with van der Waals surface area (Å²) in [5.74, 6) is 0. The Morgan fingerprint density at radius 2 is 2.00 bits per heavy atom. The molecular formula is C21H18ClN5O2S. The lowest BCUT2D eigenvalue weighted by molar-refractivity contribution is -0.384. The Balaban J connectivity index is 1.69. The van der Waals surface area contributed by atoms with E-state index in [1.807, 2.05) is 40.4 Å². The molecule has 0 amide bonds. The third-order valence-corrected chi connectivity index (χ3v) is 5.66. The molecule has 0 aliphatic carbocycles. The fourth-order valence-corrected chi connectivity index (χ4v) is 4.25. The molecule has 0 aliphatic rings. The predicted molar refractivity (Wildman–Crippen MR) is 118 cm³/mol. The van der Waals surface area contributed by atoms with E-state index in [0.29, 0.717) is 5.02 Å². The van der Waals surface area contributed by atoms with Gasteiger partial charge < -0.3 is 9.13 Å². The van der Waals surface area contributed by atoms with Crippen molar-refractivity contribution in [1.82, 2.24) is 14.1 Å². The van der Waals surface area contributed by atoms with E-state index < -0.39 is 4.92 Å². The molecule has 9 heteroatoms. The Morgan fingerprint density at radius 1 is 1.17 bits per heavy atom. The van der Waals surface area contributed by atoms with Crippen LogP contribution in [0, 0.1) is 10.1 Å². The molecule has 0 fully saturated rings. The van der Waals surface area contributed by atoms with E-state index in [4.69, 9.17) is 16.6 Å². The van der Waals surface area contributed by atoms with Crippen molar-refractivity contribution < 1.29 is 4.92 Å². The summed E-state index contributed by atoms with van der Waals surface area (Å²) >= 11 is 7.64. The van der Waals surface area contributed by atoms with Crippen LogP contribution in [0.5, 0.6) is 0 Å². The van der Waals surface area contributed by atoms with E-state index in [1.165, 1.54) is 23.5 Å². The second-order valence-electron chi connectivity index (χ2n) is 6.60. The number of halogens is 1. The molecule has 2 aromatic heterocycles. The largest absolute Gasteiger partial charge is 0.337 e. The van der Waals surface area contributed by atoms with Gasteiger partial charge in [-0.05, 0) is 42.3 Å². The van der Waals surface area contributed by atoms with Gasteiger partial charge >= 0.3 is 0 Å². The molecule has 0 aliphatic heterocycles. The van der Waals surface area contributed by atoms with Crippen LogP contribution in [-0.2, 0) is 13.1 Å². The number of thiazole rings is 1. The summed E-state index contributed by atoms with van der Waals surface area (Å²) in [5.41, 5.74) is 2.74. The van der Waals surface area contributed by atoms with Crippen LogP contribution < -0.4 is 4.80 Å². The van der Waals surface area contributed by atoms with Crippen LogP contribution in [-0.4, -0.2) is 19.0 Å². The first-order valence-corrected chi connectivity index (χ1v) is 10.5. The van der Waals surface area contributed by atoms with Crippen LogP contribution in [0.15, 0.2) is 77.6 Å². The average molecular weight is 440 g/mol. The van der Waals surface area contributed by atoms with Crippen molar-refractivity contribution in [3.63, 3.8) is 0 Å². The summed E-state index contributed by atoms with van der Waals surface area (Å²) in [6, 6.07) is 14.0. The quantitative estimate of drug-likeness (QED) is 0.289. The molecule has 152 valence electrons. The first-order valence-electron chi connectivity index (χ1n) is 9.29. The van der Waals surface area contributed by atoms with Crippen molar-refractivity contribution in [2.24, 2.45) is 4.99 Å². The first kappa shape index (κ1) is 20.1. The van der Waals surface area contributed by atoms with E-state index in [9.17, 15) is 10.1 Å². The van der Waals surface area contributed by atoms with Crippen molar-refractivity contribution >= 4 is 34.3 Å². The van der Waals surface area contributed by atoms with E-state index >= 15 is 0 Å². The topological polar surface area (TPSA) is 78.2 Å². The van der Waals surface area contributed by atoms with Gasteiger partial charge in [-0.2, -0.15) is 0 Å². The Labute approximate surface area is 181 Å². The van der Waals surface area contributed by atoms with Gasteiger partial charge in [0, 0.05) is 48.0 Å². The maximum absolute atomic E-state index is 11.0. The number of benzene rings is 2. The number of hydrogen-bond acceptors (Lipinski definition) is 5. The van der Waals surface area contributed by atoms with Gasteiger partial charge in [0.15, 0.2) is 4.80 Å². The van der Waals surface area contributed by atoms with Gasteiger partial charge in [0.25, 0.3) is 5.69 Å². The molecule has 0 atom stereocenters. The second-order valence-corrected chi connectivity index (χ2v) is 7.88. The highest BCUT2D eigenvalue weighted by atomic mass is 35.5. The van der Waals surface area contributed by atoms with Crippen molar-refractivity contribution in [2.75, 3.05) is 0 Å². The average Bonchev–Trinajstić information content (AvgIpc) is 3.39. The van der Waals surface area contributed by atoms with Crippen LogP contribution in [0.2, 0.25) is 5.02 Å². The summed E-state index contributed by atoms with van der Waals surface area (Å²) in [6.07, 6.45) is 6.38. The fourth-order valence-electron chi connectivity index (χ4n) is 3.11. The zero-order valence-corrected chi connectivity index (χ0v) is 17.5. The zero-order valence-electron chi connectivity index (χ0n) is 15.9. The molecule has 7 nitrogen and oxygen atoms in total. The third-order valence-electron chi connectivity index (χ3n) is 4.56. The van der Waals surface area contributed by atoms with Gasteiger partial charge in [0.1, 0.15) is 0 Å². The molecule has 0 unspecified atom stereocenters. The van der Waals surface area contributed by atoms with Crippen LogP contribution in [0.4, 0.5) is 11.4 Å². The maximum atomic E-state index is 11.0. The summed E-state index contributed by atoms with van der Waals surface area (Å²) in [7, 11) is 0. The molecule has 0 saturated carbocycles. The van der Waals surface area contributed by atoms with Crippen LogP contribution in [0.3, 0.4) is 0 Å². The molecule has 4 rings (SSSR count). The molecule has 2 aromatic carbocycles. The maximum Gasteiger partial charge on any atom is 0.269 e. The van der Waals surface area contributed by atoms with E-state index in [0.717, 1.165) is 41.3 Å². The van der Waals surface area contributed by atoms with Gasteiger partial charge in [-0.1, -0.05) is 17.7 Å². The molecule has 0 saturated heterocycles. The number of nitrogens with zero attached hydrogens (tertiary/aromatic N) is 5. The Hall–Kier alpha value is -3.23. The minimum absolute atomic E-state index is 0.0736. The summed E-state index contributed by atoms with van der Waals surface area (Å²) in [5, 5.41) is 13.6. The predicted octanol–water partition coefficient (Wildman–Crippen LogP) is 5.30. The first-order chi connectivity index (χ1) is 14.6. The Bertz CT molecular complexity index is 1210. The lowest BCUT2D eigenvalue weighted by Crippen LogP contribution is -2.17. The number of hydrogen-bond donors (Lipinski definition) is 0. The minimum Gasteiger partial charge on any atom is -0.337 e. The van der Waals surface area contributed by atoms with E-state index in [1.54, 1.807) is 24.7 Å².